The molecule has 0 aliphatic carbocycles. The standard InChI is InChI=1S/C19H19N3O4S2/c23-14(9-13-5-4-8-27-13)20-15-16(24)22-11-19(18(25)26,12-28-17(15)22)10-21-6-2-1-3-7-21/h1-8,15,17H,9-12H2,(H-,20,23,25,26)/p+1/t15?,17-,19?/m1/s1. The minimum absolute atomic E-state index is 0.151. The second-order valence-corrected chi connectivity index (χ2v) is 9.24. The van der Waals surface area contributed by atoms with Crippen molar-refractivity contribution in [2.24, 2.45) is 5.41 Å². The maximum atomic E-state index is 12.6. The molecule has 0 spiro atoms. The van der Waals surface area contributed by atoms with Gasteiger partial charge in [0.2, 0.25) is 11.8 Å². The van der Waals surface area contributed by atoms with E-state index >= 15 is 0 Å². The van der Waals surface area contributed by atoms with Crippen molar-refractivity contribution in [3.8, 4) is 0 Å². The minimum Gasteiger partial charge on any atom is -0.481 e. The van der Waals surface area contributed by atoms with Crippen LogP contribution in [-0.4, -0.2) is 51.5 Å². The summed E-state index contributed by atoms with van der Waals surface area (Å²) in [4.78, 5) is 39.4. The zero-order valence-corrected chi connectivity index (χ0v) is 16.6. The molecule has 0 bridgehead atoms. The molecule has 2 N–H and O–H groups in total. The van der Waals surface area contributed by atoms with Gasteiger partial charge in [-0.05, 0) is 11.4 Å². The number of thiophene rings is 1. The molecule has 0 aromatic carbocycles. The highest BCUT2D eigenvalue weighted by atomic mass is 32.2. The van der Waals surface area contributed by atoms with Gasteiger partial charge in [0.15, 0.2) is 24.4 Å². The van der Waals surface area contributed by atoms with Gasteiger partial charge in [0.1, 0.15) is 11.4 Å². The van der Waals surface area contributed by atoms with Crippen LogP contribution in [0.1, 0.15) is 4.88 Å². The number of hydrogen-bond acceptors (Lipinski definition) is 5. The maximum Gasteiger partial charge on any atom is 0.318 e. The Hall–Kier alpha value is -2.39. The van der Waals surface area contributed by atoms with E-state index in [1.165, 1.54) is 23.1 Å². The second kappa shape index (κ2) is 7.56. The highest BCUT2D eigenvalue weighted by molar-refractivity contribution is 8.00. The van der Waals surface area contributed by atoms with E-state index < -0.39 is 17.4 Å². The first kappa shape index (κ1) is 18.9. The van der Waals surface area contributed by atoms with Crippen LogP contribution in [0, 0.1) is 5.41 Å². The van der Waals surface area contributed by atoms with Crippen molar-refractivity contribution in [3.05, 3.63) is 53.0 Å². The molecule has 0 radical (unpaired) electrons. The molecule has 2 aromatic rings. The molecule has 146 valence electrons. The maximum absolute atomic E-state index is 12.6. The van der Waals surface area contributed by atoms with Crippen LogP contribution in [-0.2, 0) is 27.3 Å². The fourth-order valence-electron chi connectivity index (χ4n) is 3.61. The van der Waals surface area contributed by atoms with Gasteiger partial charge in [-0.15, -0.1) is 23.1 Å². The van der Waals surface area contributed by atoms with Crippen LogP contribution in [0.25, 0.3) is 0 Å². The highest BCUT2D eigenvalue weighted by Crippen LogP contribution is 2.42. The first-order valence-corrected chi connectivity index (χ1v) is 10.8. The number of nitrogens with zero attached hydrogens (tertiary/aromatic N) is 2. The van der Waals surface area contributed by atoms with Crippen molar-refractivity contribution in [1.29, 1.82) is 0 Å². The third kappa shape index (κ3) is 3.51. The lowest BCUT2D eigenvalue weighted by molar-refractivity contribution is -0.706. The average Bonchev–Trinajstić information content (AvgIpc) is 3.19. The Balaban J connectivity index is 1.41. The fourth-order valence-corrected chi connectivity index (χ4v) is 5.84. The van der Waals surface area contributed by atoms with Crippen LogP contribution in [0.4, 0.5) is 0 Å². The summed E-state index contributed by atoms with van der Waals surface area (Å²) in [6.45, 7) is 0.445. The van der Waals surface area contributed by atoms with Crippen LogP contribution in [0.3, 0.4) is 0 Å². The number of carboxylic acid groups (broad SMARTS) is 1. The molecule has 2 amide bonds. The number of hydrogen-bond donors (Lipinski definition) is 2. The highest BCUT2D eigenvalue weighted by Gasteiger charge is 2.58. The number of carboxylic acids is 1. The number of fused-ring (bicyclic) bond motifs is 1. The lowest BCUT2D eigenvalue weighted by Gasteiger charge is -2.53. The number of amides is 2. The van der Waals surface area contributed by atoms with Gasteiger partial charge in [0.25, 0.3) is 0 Å². The number of pyridine rings is 1. The van der Waals surface area contributed by atoms with Gasteiger partial charge in [-0.25, -0.2) is 4.57 Å². The summed E-state index contributed by atoms with van der Waals surface area (Å²) in [6, 6.07) is 8.77. The zero-order valence-electron chi connectivity index (χ0n) is 15.0. The Morgan fingerprint density at radius 2 is 2.07 bits per heavy atom. The topological polar surface area (TPSA) is 90.6 Å². The van der Waals surface area contributed by atoms with Gasteiger partial charge in [-0.2, -0.15) is 0 Å². The molecule has 4 rings (SSSR count). The number of carbonyl (C=O) groups is 3. The smallest absolute Gasteiger partial charge is 0.318 e. The molecule has 4 heterocycles. The average molecular weight is 419 g/mol. The molecule has 3 atom stereocenters. The Kier molecular flexibility index (Phi) is 5.11. The summed E-state index contributed by atoms with van der Waals surface area (Å²) in [5.74, 6) is -0.917. The number of nitrogens with one attached hydrogen (secondary N) is 1. The first-order valence-electron chi connectivity index (χ1n) is 8.90. The van der Waals surface area contributed by atoms with E-state index in [0.717, 1.165) is 4.88 Å². The molecule has 0 saturated carbocycles. The van der Waals surface area contributed by atoms with Crippen molar-refractivity contribution < 1.29 is 24.1 Å². The number of carbonyl (C=O) groups excluding carboxylic acids is 2. The van der Waals surface area contributed by atoms with Crippen LogP contribution in [0.15, 0.2) is 48.1 Å². The fraction of sp³-hybridized carbons (Fsp3) is 0.368. The van der Waals surface area contributed by atoms with Gasteiger partial charge in [-0.1, -0.05) is 12.1 Å². The molecule has 2 fully saturated rings. The predicted molar refractivity (Wildman–Crippen MR) is 105 cm³/mol. The van der Waals surface area contributed by atoms with Crippen LogP contribution < -0.4 is 9.88 Å². The van der Waals surface area contributed by atoms with Crippen molar-refractivity contribution in [2.45, 2.75) is 24.4 Å². The van der Waals surface area contributed by atoms with Crippen molar-refractivity contribution >= 4 is 40.9 Å². The molecule has 2 aromatic heterocycles. The van der Waals surface area contributed by atoms with E-state index in [1.807, 2.05) is 52.7 Å². The van der Waals surface area contributed by atoms with E-state index in [2.05, 4.69) is 5.32 Å². The quantitative estimate of drug-likeness (QED) is 0.534. The van der Waals surface area contributed by atoms with Gasteiger partial charge in [0, 0.05) is 29.3 Å². The summed E-state index contributed by atoms with van der Waals surface area (Å²) in [6.07, 6.45) is 3.91. The molecule has 2 aliphatic rings. The SMILES string of the molecule is O=C(Cc1cccs1)NC1C(=O)N2CC(C[n+]3ccccc3)(C(=O)O)CS[C@H]12. The molecular weight excluding hydrogens is 398 g/mol. The number of aromatic nitrogens is 1. The summed E-state index contributed by atoms with van der Waals surface area (Å²) in [7, 11) is 0. The van der Waals surface area contributed by atoms with Crippen molar-refractivity contribution in [2.75, 3.05) is 12.3 Å². The van der Waals surface area contributed by atoms with Gasteiger partial charge >= 0.3 is 5.97 Å². The Morgan fingerprint density at radius 1 is 1.29 bits per heavy atom. The normalized spacial score (nSPS) is 26.3. The van der Waals surface area contributed by atoms with Gasteiger partial charge < -0.3 is 15.3 Å². The van der Waals surface area contributed by atoms with Crippen LogP contribution in [0.2, 0.25) is 0 Å². The third-order valence-electron chi connectivity index (χ3n) is 5.09. The van der Waals surface area contributed by atoms with E-state index in [9.17, 15) is 19.5 Å². The van der Waals surface area contributed by atoms with E-state index in [0.29, 0.717) is 12.3 Å². The summed E-state index contributed by atoms with van der Waals surface area (Å²) >= 11 is 2.93. The van der Waals surface area contributed by atoms with Crippen LogP contribution in [0.5, 0.6) is 0 Å². The zero-order chi connectivity index (χ0) is 19.7. The largest absolute Gasteiger partial charge is 0.481 e. The monoisotopic (exact) mass is 418 g/mol. The number of β-lactam (4-membered cyclic amide) rings is 1. The molecule has 9 heteroatoms. The lowest BCUT2D eigenvalue weighted by Crippen LogP contribution is -2.74. The number of rotatable bonds is 6. The molecule has 2 saturated heterocycles. The number of aliphatic carboxylic acids is 1. The van der Waals surface area contributed by atoms with E-state index in [1.54, 1.807) is 4.90 Å². The van der Waals surface area contributed by atoms with E-state index in [-0.39, 0.29) is 30.2 Å². The molecule has 2 aliphatic heterocycles. The Bertz CT molecular complexity index is 890. The summed E-state index contributed by atoms with van der Waals surface area (Å²) in [5, 5.41) is 14.4. The van der Waals surface area contributed by atoms with Gasteiger partial charge in [-0.3, -0.25) is 14.4 Å². The number of thioether (sulfide) groups is 1. The predicted octanol–water partition coefficient (Wildman–Crippen LogP) is 0.749. The minimum atomic E-state index is -1.05. The summed E-state index contributed by atoms with van der Waals surface area (Å²) < 4.78 is 1.83. The van der Waals surface area contributed by atoms with E-state index in [4.69, 9.17) is 0 Å². The van der Waals surface area contributed by atoms with Gasteiger partial charge in [0.05, 0.1) is 6.42 Å². The lowest BCUT2D eigenvalue weighted by atomic mass is 9.87. The van der Waals surface area contributed by atoms with Crippen molar-refractivity contribution in [1.82, 2.24) is 10.2 Å². The van der Waals surface area contributed by atoms with Crippen LogP contribution >= 0.6 is 23.1 Å². The molecule has 28 heavy (non-hydrogen) atoms. The Morgan fingerprint density at radius 3 is 2.75 bits per heavy atom. The summed E-state index contributed by atoms with van der Waals surface area (Å²) in [5.41, 5.74) is -1.05. The molecular formula is C19H20N3O4S2+. The second-order valence-electron chi connectivity index (χ2n) is 7.10. The molecule has 7 nitrogen and oxygen atoms in total. The third-order valence-corrected chi connectivity index (χ3v) is 7.56. The van der Waals surface area contributed by atoms with Crippen molar-refractivity contribution in [3.63, 3.8) is 0 Å². The molecule has 2 unspecified atom stereocenters. The Labute approximate surface area is 170 Å². The first-order chi connectivity index (χ1) is 13.5.